The summed E-state index contributed by atoms with van der Waals surface area (Å²) in [4.78, 5) is 5.55. The lowest BCUT2D eigenvalue weighted by Gasteiger charge is -2.06. The van der Waals surface area contributed by atoms with Crippen molar-refractivity contribution in [3.05, 3.63) is 66.7 Å². The molecule has 4 aromatic rings. The zero-order chi connectivity index (χ0) is 16.5. The largest absolute Gasteiger partial charge is 0.507 e. The molecule has 2 N–H and O–H groups in total. The second-order valence-electron chi connectivity index (χ2n) is 5.33. The van der Waals surface area contributed by atoms with Gasteiger partial charge in [0.15, 0.2) is 0 Å². The summed E-state index contributed by atoms with van der Waals surface area (Å²) in [5.41, 5.74) is 0.610. The predicted octanol–water partition coefficient (Wildman–Crippen LogP) is 5.60. The Balaban J connectivity index is 1.60. The van der Waals surface area contributed by atoms with Crippen molar-refractivity contribution < 1.29 is 10.2 Å². The maximum Gasteiger partial charge on any atom is 0.141 e. The van der Waals surface area contributed by atoms with E-state index in [9.17, 15) is 10.2 Å². The Morgan fingerprint density at radius 1 is 0.708 bits per heavy atom. The van der Waals surface area contributed by atoms with E-state index < -0.39 is 0 Å². The standard InChI is InChI=1S/C19H13NO2S2/c21-16-5-1-3-12-7-9-14(11-15(12)16)23-24-18-10-8-13-4-2-6-17(22)19(13)20-18/h1-11,21-22H. The number of nitrogens with zero attached hydrogens (tertiary/aromatic N) is 1. The smallest absolute Gasteiger partial charge is 0.141 e. The molecular formula is C19H13NO2S2. The number of rotatable bonds is 3. The fourth-order valence-electron chi connectivity index (χ4n) is 2.54. The molecule has 3 aromatic carbocycles. The topological polar surface area (TPSA) is 53.4 Å². The molecule has 118 valence electrons. The molecule has 0 saturated carbocycles. The third kappa shape index (κ3) is 2.88. The Hall–Kier alpha value is -2.37. The van der Waals surface area contributed by atoms with Crippen LogP contribution in [-0.4, -0.2) is 15.2 Å². The van der Waals surface area contributed by atoms with Gasteiger partial charge in [0.05, 0.1) is 0 Å². The van der Waals surface area contributed by atoms with E-state index in [2.05, 4.69) is 4.98 Å². The summed E-state index contributed by atoms with van der Waals surface area (Å²) in [7, 11) is 3.10. The molecule has 0 aliphatic rings. The van der Waals surface area contributed by atoms with Crippen molar-refractivity contribution in [2.75, 3.05) is 0 Å². The van der Waals surface area contributed by atoms with E-state index in [4.69, 9.17) is 0 Å². The van der Waals surface area contributed by atoms with Crippen LogP contribution in [0.15, 0.2) is 76.7 Å². The van der Waals surface area contributed by atoms with E-state index >= 15 is 0 Å². The van der Waals surface area contributed by atoms with Crippen LogP contribution in [0, 0.1) is 0 Å². The lowest BCUT2D eigenvalue weighted by atomic mass is 10.1. The van der Waals surface area contributed by atoms with Gasteiger partial charge in [-0.05, 0) is 52.6 Å². The number of fused-ring (bicyclic) bond motifs is 2. The Kier molecular flexibility index (Phi) is 3.96. The van der Waals surface area contributed by atoms with Gasteiger partial charge in [-0.2, -0.15) is 0 Å². The van der Waals surface area contributed by atoms with Crippen LogP contribution < -0.4 is 0 Å². The fraction of sp³-hybridized carbons (Fsp3) is 0. The number of aromatic nitrogens is 1. The molecule has 0 aliphatic heterocycles. The van der Waals surface area contributed by atoms with Crippen LogP contribution in [0.1, 0.15) is 0 Å². The van der Waals surface area contributed by atoms with Crippen LogP contribution in [0.2, 0.25) is 0 Å². The summed E-state index contributed by atoms with van der Waals surface area (Å²) in [6.07, 6.45) is 0. The second-order valence-corrected chi connectivity index (χ2v) is 7.55. The second kappa shape index (κ2) is 6.26. The highest BCUT2D eigenvalue weighted by Gasteiger charge is 2.06. The minimum absolute atomic E-state index is 0.190. The first kappa shape index (κ1) is 15.2. The highest BCUT2D eigenvalue weighted by molar-refractivity contribution is 8.76. The number of pyridine rings is 1. The Labute approximate surface area is 146 Å². The van der Waals surface area contributed by atoms with E-state index in [1.807, 2.05) is 54.6 Å². The first-order valence-electron chi connectivity index (χ1n) is 7.36. The summed E-state index contributed by atoms with van der Waals surface area (Å²) >= 11 is 0. The van der Waals surface area contributed by atoms with Crippen LogP contribution >= 0.6 is 21.6 Å². The number of phenolic OH excluding ortho intramolecular Hbond substituents is 2. The number of benzene rings is 3. The Morgan fingerprint density at radius 2 is 1.46 bits per heavy atom. The average Bonchev–Trinajstić information content (AvgIpc) is 2.61. The van der Waals surface area contributed by atoms with Gasteiger partial charge in [-0.1, -0.05) is 41.1 Å². The van der Waals surface area contributed by atoms with E-state index in [0.717, 1.165) is 26.1 Å². The monoisotopic (exact) mass is 351 g/mol. The molecule has 5 heteroatoms. The van der Waals surface area contributed by atoms with Gasteiger partial charge in [0.25, 0.3) is 0 Å². The summed E-state index contributed by atoms with van der Waals surface area (Å²) in [6, 6.07) is 20.8. The summed E-state index contributed by atoms with van der Waals surface area (Å²) in [5.74, 6) is 0.476. The number of hydrogen-bond acceptors (Lipinski definition) is 5. The van der Waals surface area contributed by atoms with Crippen molar-refractivity contribution >= 4 is 43.3 Å². The molecule has 0 atom stereocenters. The maximum atomic E-state index is 9.97. The van der Waals surface area contributed by atoms with Gasteiger partial charge >= 0.3 is 0 Å². The summed E-state index contributed by atoms with van der Waals surface area (Å²) in [5, 5.41) is 23.5. The predicted molar refractivity (Wildman–Crippen MR) is 101 cm³/mol. The van der Waals surface area contributed by atoms with Gasteiger partial charge in [0.1, 0.15) is 22.0 Å². The van der Waals surface area contributed by atoms with Crippen LogP contribution in [0.25, 0.3) is 21.7 Å². The maximum absolute atomic E-state index is 9.97. The molecule has 0 saturated heterocycles. The van der Waals surface area contributed by atoms with Gasteiger partial charge in [-0.3, -0.25) is 0 Å². The van der Waals surface area contributed by atoms with Crippen molar-refractivity contribution in [2.45, 2.75) is 9.92 Å². The Morgan fingerprint density at radius 3 is 2.33 bits per heavy atom. The number of hydrogen-bond donors (Lipinski definition) is 2. The molecule has 0 aliphatic carbocycles. The molecule has 1 heterocycles. The first-order chi connectivity index (χ1) is 11.7. The van der Waals surface area contributed by atoms with Crippen molar-refractivity contribution in [3.63, 3.8) is 0 Å². The van der Waals surface area contributed by atoms with E-state index in [1.165, 1.54) is 10.8 Å². The van der Waals surface area contributed by atoms with Crippen LogP contribution in [0.3, 0.4) is 0 Å². The molecule has 0 fully saturated rings. The van der Waals surface area contributed by atoms with E-state index in [-0.39, 0.29) is 11.5 Å². The lowest BCUT2D eigenvalue weighted by Crippen LogP contribution is -1.82. The Bertz CT molecular complexity index is 965. The van der Waals surface area contributed by atoms with Gasteiger partial charge in [0.2, 0.25) is 0 Å². The lowest BCUT2D eigenvalue weighted by molar-refractivity contribution is 0.480. The molecule has 4 rings (SSSR count). The summed E-state index contributed by atoms with van der Waals surface area (Å²) < 4.78 is 0. The van der Waals surface area contributed by atoms with Gasteiger partial charge < -0.3 is 10.2 Å². The van der Waals surface area contributed by atoms with Crippen LogP contribution in [0.4, 0.5) is 0 Å². The molecule has 0 unspecified atom stereocenters. The molecule has 24 heavy (non-hydrogen) atoms. The third-order valence-electron chi connectivity index (χ3n) is 3.73. The average molecular weight is 351 g/mol. The zero-order valence-electron chi connectivity index (χ0n) is 12.5. The summed E-state index contributed by atoms with van der Waals surface area (Å²) in [6.45, 7) is 0. The fourth-order valence-corrected chi connectivity index (χ4v) is 4.40. The highest BCUT2D eigenvalue weighted by Crippen LogP contribution is 2.39. The number of para-hydroxylation sites is 1. The van der Waals surface area contributed by atoms with Gasteiger partial charge in [-0.15, -0.1) is 0 Å². The van der Waals surface area contributed by atoms with Crippen molar-refractivity contribution in [1.29, 1.82) is 0 Å². The van der Waals surface area contributed by atoms with Gasteiger partial charge in [-0.25, -0.2) is 4.98 Å². The molecule has 3 nitrogen and oxygen atoms in total. The van der Waals surface area contributed by atoms with Crippen LogP contribution in [0.5, 0.6) is 11.5 Å². The normalized spacial score (nSPS) is 11.2. The van der Waals surface area contributed by atoms with Crippen molar-refractivity contribution in [2.24, 2.45) is 0 Å². The molecule has 0 spiro atoms. The van der Waals surface area contributed by atoms with Crippen LogP contribution in [-0.2, 0) is 0 Å². The molecule has 0 amide bonds. The van der Waals surface area contributed by atoms with Gasteiger partial charge in [0, 0.05) is 15.7 Å². The minimum atomic E-state index is 0.190. The number of aromatic hydroxyl groups is 2. The first-order valence-corrected chi connectivity index (χ1v) is 9.51. The van der Waals surface area contributed by atoms with Crippen molar-refractivity contribution in [3.8, 4) is 11.5 Å². The SMILES string of the molecule is Oc1cccc2ccc(SSc3ccc4cccc(O)c4n3)cc12. The van der Waals surface area contributed by atoms with E-state index in [1.54, 1.807) is 22.9 Å². The molecular weight excluding hydrogens is 338 g/mol. The zero-order valence-corrected chi connectivity index (χ0v) is 14.1. The quantitative estimate of drug-likeness (QED) is 0.471. The molecule has 0 bridgehead atoms. The number of phenols is 2. The molecule has 0 radical (unpaired) electrons. The molecule has 1 aromatic heterocycles. The highest BCUT2D eigenvalue weighted by atomic mass is 33.1. The van der Waals surface area contributed by atoms with E-state index in [0.29, 0.717) is 5.52 Å². The minimum Gasteiger partial charge on any atom is -0.507 e. The van der Waals surface area contributed by atoms with Crippen molar-refractivity contribution in [1.82, 2.24) is 4.98 Å². The third-order valence-corrected chi connectivity index (χ3v) is 5.99.